The molecule has 3 N–H and O–H groups in total. The van der Waals surface area contributed by atoms with Gasteiger partial charge in [0.05, 0.1) is 12.8 Å². The van der Waals surface area contributed by atoms with Crippen molar-refractivity contribution in [3.8, 4) is 0 Å². The number of allylic oxidation sites excluding steroid dienone is 1. The van der Waals surface area contributed by atoms with Crippen LogP contribution in [0.15, 0.2) is 30.1 Å². The molecule has 0 saturated heterocycles. The number of aliphatic hydroxyl groups is 1. The van der Waals surface area contributed by atoms with Gasteiger partial charge in [-0.2, -0.15) is 0 Å². The molecule has 32 heavy (non-hydrogen) atoms. The van der Waals surface area contributed by atoms with Gasteiger partial charge in [-0.05, 0) is 73.7 Å². The maximum Gasteiger partial charge on any atom is 0.159 e. The van der Waals surface area contributed by atoms with Crippen molar-refractivity contribution in [3.63, 3.8) is 0 Å². The fourth-order valence-electron chi connectivity index (χ4n) is 6.77. The Morgan fingerprint density at radius 2 is 2.06 bits per heavy atom. The van der Waals surface area contributed by atoms with Crippen molar-refractivity contribution in [2.45, 2.75) is 72.3 Å². The highest BCUT2D eigenvalue weighted by Crippen LogP contribution is 2.62. The molecule has 2 fully saturated rings. The molecule has 176 valence electrons. The van der Waals surface area contributed by atoms with Crippen LogP contribution in [0.25, 0.3) is 0 Å². The van der Waals surface area contributed by atoms with E-state index >= 15 is 0 Å². The molecule has 1 aromatic rings. The topological polar surface area (TPSA) is 78.5 Å². The minimum Gasteiger partial charge on any atom is -0.389 e. The first-order chi connectivity index (χ1) is 15.1. The molecule has 5 atom stereocenters. The molecule has 0 unspecified atom stereocenters. The Morgan fingerprint density at radius 3 is 2.81 bits per heavy atom. The Balaban J connectivity index is 1.45. The van der Waals surface area contributed by atoms with Crippen LogP contribution in [0.5, 0.6) is 0 Å². The molecule has 2 heterocycles. The predicted octanol–water partition coefficient (Wildman–Crippen LogP) is 4.77. The summed E-state index contributed by atoms with van der Waals surface area (Å²) in [4.78, 5) is 13.0. The van der Waals surface area contributed by atoms with E-state index in [0.29, 0.717) is 17.7 Å². The number of nitrogens with two attached hydrogens (primary N) is 1. The molecule has 1 aromatic heterocycles. The van der Waals surface area contributed by atoms with Crippen molar-refractivity contribution in [1.82, 2.24) is 9.97 Å². The number of nitrogen functional groups attached to an aromatic ring is 1. The van der Waals surface area contributed by atoms with Crippen molar-refractivity contribution in [2.75, 3.05) is 35.8 Å². The molecule has 3 aliphatic rings. The molecule has 1 aliphatic heterocycles. The Hall–Kier alpha value is -2.08. The number of nitrogens with zero attached hydrogens (tertiary/aromatic N) is 4. The third kappa shape index (κ3) is 3.70. The zero-order chi connectivity index (χ0) is 23.3. The second kappa shape index (κ2) is 8.36. The molecule has 0 spiro atoms. The van der Waals surface area contributed by atoms with Crippen LogP contribution in [0.4, 0.5) is 17.3 Å². The van der Waals surface area contributed by atoms with Crippen LogP contribution in [0.2, 0.25) is 0 Å². The maximum absolute atomic E-state index is 10.5. The molecule has 2 saturated carbocycles. The molecule has 2 aliphatic carbocycles. The number of fused-ring (bicyclic) bond motifs is 2. The first kappa shape index (κ1) is 23.1. The lowest BCUT2D eigenvalue weighted by molar-refractivity contribution is -0.0730. The molecule has 4 rings (SSSR count). The number of aromatic nitrogens is 2. The Morgan fingerprint density at radius 1 is 1.31 bits per heavy atom. The van der Waals surface area contributed by atoms with Gasteiger partial charge in [0, 0.05) is 13.6 Å². The molecule has 0 aromatic carbocycles. The van der Waals surface area contributed by atoms with Crippen molar-refractivity contribution in [1.29, 1.82) is 0 Å². The highest BCUT2D eigenvalue weighted by atomic mass is 16.3. The second-order valence-electron chi connectivity index (χ2n) is 11.1. The van der Waals surface area contributed by atoms with E-state index in [4.69, 9.17) is 5.73 Å². The summed E-state index contributed by atoms with van der Waals surface area (Å²) in [7, 11) is 2.04. The Labute approximate surface area is 193 Å². The van der Waals surface area contributed by atoms with E-state index < -0.39 is 0 Å². The largest absolute Gasteiger partial charge is 0.389 e. The molecule has 6 nitrogen and oxygen atoms in total. The summed E-state index contributed by atoms with van der Waals surface area (Å²) in [6, 6.07) is 0. The smallest absolute Gasteiger partial charge is 0.159 e. The molecule has 6 heteroatoms. The van der Waals surface area contributed by atoms with Gasteiger partial charge in [0.1, 0.15) is 12.0 Å². The van der Waals surface area contributed by atoms with E-state index in [1.165, 1.54) is 24.7 Å². The highest BCUT2D eigenvalue weighted by Gasteiger charge is 2.55. The zero-order valence-corrected chi connectivity index (χ0v) is 20.6. The minimum atomic E-state index is -0.326. The number of rotatable bonds is 5. The fraction of sp³-hybridized carbons (Fsp3) is 0.692. The maximum atomic E-state index is 10.5. The average molecular weight is 440 g/mol. The van der Waals surface area contributed by atoms with Gasteiger partial charge < -0.3 is 20.6 Å². The van der Waals surface area contributed by atoms with E-state index in [0.717, 1.165) is 56.0 Å². The minimum absolute atomic E-state index is 0.0674. The van der Waals surface area contributed by atoms with Crippen molar-refractivity contribution in [3.05, 3.63) is 30.1 Å². The first-order valence-corrected chi connectivity index (χ1v) is 12.2. The number of anilines is 3. The molecule has 0 amide bonds. The van der Waals surface area contributed by atoms with E-state index in [9.17, 15) is 5.11 Å². The Bertz CT molecular complexity index is 913. The molecular formula is C26H41N5O. The number of hydrogen-bond donors (Lipinski definition) is 2. The average Bonchev–Trinajstić information content (AvgIpc) is 3.09. The van der Waals surface area contributed by atoms with Gasteiger partial charge in [0.15, 0.2) is 11.6 Å². The van der Waals surface area contributed by atoms with Gasteiger partial charge >= 0.3 is 0 Å². The van der Waals surface area contributed by atoms with Gasteiger partial charge in [-0.3, -0.25) is 0 Å². The second-order valence-corrected chi connectivity index (χ2v) is 11.1. The lowest BCUT2D eigenvalue weighted by atomic mass is 9.46. The monoisotopic (exact) mass is 439 g/mol. The quantitative estimate of drug-likeness (QED) is 0.644. The summed E-state index contributed by atoms with van der Waals surface area (Å²) in [5, 5.41) is 10.5. The molecular weight excluding hydrogens is 398 g/mol. The summed E-state index contributed by atoms with van der Waals surface area (Å²) in [6.07, 6.45) is 10.2. The van der Waals surface area contributed by atoms with Crippen molar-refractivity contribution < 1.29 is 5.11 Å². The van der Waals surface area contributed by atoms with E-state index in [1.807, 2.05) is 7.05 Å². The van der Waals surface area contributed by atoms with Crippen LogP contribution in [-0.4, -0.2) is 41.4 Å². The van der Waals surface area contributed by atoms with Gasteiger partial charge in [-0.1, -0.05) is 39.0 Å². The van der Waals surface area contributed by atoms with Crippen LogP contribution < -0.4 is 15.5 Å². The lowest BCUT2D eigenvalue weighted by Crippen LogP contribution is -2.52. The van der Waals surface area contributed by atoms with E-state index in [-0.39, 0.29) is 16.9 Å². The van der Waals surface area contributed by atoms with Gasteiger partial charge in [0.2, 0.25) is 0 Å². The van der Waals surface area contributed by atoms with Crippen LogP contribution in [0.3, 0.4) is 0 Å². The SMILES string of the molecule is C=C1[C@H](O)CC[C@H]2[C@](C)(CC/C(C)=C/CN3CN(C)c4ncnc(N)c43)[C@@H](C)CC[C@]12C. The van der Waals surface area contributed by atoms with E-state index in [2.05, 4.69) is 60.1 Å². The van der Waals surface area contributed by atoms with Crippen molar-refractivity contribution in [2.24, 2.45) is 22.7 Å². The first-order valence-electron chi connectivity index (χ1n) is 12.2. The van der Waals surface area contributed by atoms with Gasteiger partial charge in [0.25, 0.3) is 0 Å². The predicted molar refractivity (Wildman–Crippen MR) is 133 cm³/mol. The third-order valence-electron chi connectivity index (χ3n) is 9.26. The highest BCUT2D eigenvalue weighted by molar-refractivity contribution is 5.81. The number of hydrogen-bond acceptors (Lipinski definition) is 6. The number of aliphatic hydroxyl groups excluding tert-OH is 1. The summed E-state index contributed by atoms with van der Waals surface area (Å²) in [5.74, 6) is 2.74. The van der Waals surface area contributed by atoms with Gasteiger partial charge in [-0.25, -0.2) is 9.97 Å². The summed E-state index contributed by atoms with van der Waals surface area (Å²) in [6.45, 7) is 15.5. The zero-order valence-electron chi connectivity index (χ0n) is 20.6. The van der Waals surface area contributed by atoms with Crippen LogP contribution in [0.1, 0.15) is 66.2 Å². The van der Waals surface area contributed by atoms with Crippen molar-refractivity contribution >= 4 is 17.3 Å². The summed E-state index contributed by atoms with van der Waals surface area (Å²) in [5.41, 5.74) is 9.93. The normalized spacial score (nSPS) is 35.1. The standard InChI is InChI=1S/C26H41N5O/c1-17(11-14-31-16-30(6)24-22(31)23(27)28-15-29-24)9-12-25(4)18(2)10-13-26(5)19(3)20(32)7-8-21(25)26/h11,15,18,20-21,32H,3,7-10,12-14,16H2,1-2,4-6H3,(H2,27,28,29)/b17-11+/t18-,20+,21-,25+,26+/m0/s1. The third-order valence-corrected chi connectivity index (χ3v) is 9.26. The van der Waals surface area contributed by atoms with Crippen LogP contribution in [0, 0.1) is 22.7 Å². The molecule has 0 radical (unpaired) electrons. The van der Waals surface area contributed by atoms with Crippen LogP contribution >= 0.6 is 0 Å². The summed E-state index contributed by atoms with van der Waals surface area (Å²) < 4.78 is 0. The van der Waals surface area contributed by atoms with E-state index in [1.54, 1.807) is 0 Å². The van der Waals surface area contributed by atoms with Gasteiger partial charge in [-0.15, -0.1) is 0 Å². The van der Waals surface area contributed by atoms with Crippen LogP contribution in [-0.2, 0) is 0 Å². The Kier molecular flexibility index (Phi) is 6.03. The lowest BCUT2D eigenvalue weighted by Gasteiger charge is -2.59. The molecule has 0 bridgehead atoms. The fourth-order valence-corrected chi connectivity index (χ4v) is 6.77. The summed E-state index contributed by atoms with van der Waals surface area (Å²) >= 11 is 0.